The van der Waals surface area contributed by atoms with Crippen LogP contribution in [-0.4, -0.2) is 50.3 Å². The summed E-state index contributed by atoms with van der Waals surface area (Å²) in [5.41, 5.74) is 1.44. The molecular formula is C18H27N3O. The molecule has 1 aromatic rings. The number of hydrogen-bond acceptors (Lipinski definition) is 2. The number of guanidine groups is 1. The number of rotatable bonds is 5. The van der Waals surface area contributed by atoms with Gasteiger partial charge in [0.25, 0.3) is 0 Å². The van der Waals surface area contributed by atoms with Crippen molar-refractivity contribution < 1.29 is 4.74 Å². The zero-order valence-electron chi connectivity index (χ0n) is 13.7. The third-order valence-corrected chi connectivity index (χ3v) is 4.63. The Morgan fingerprint density at radius 2 is 2.18 bits per heavy atom. The van der Waals surface area contributed by atoms with Crippen LogP contribution in [0, 0.1) is 5.92 Å². The Bertz CT molecular complexity index is 502. The molecule has 4 nitrogen and oxygen atoms in total. The molecule has 0 bridgehead atoms. The van der Waals surface area contributed by atoms with Crippen molar-refractivity contribution in [2.75, 3.05) is 33.4 Å². The molecule has 4 heteroatoms. The van der Waals surface area contributed by atoms with Crippen LogP contribution < -0.4 is 5.32 Å². The highest BCUT2D eigenvalue weighted by Gasteiger charge is 2.40. The molecule has 1 aliphatic heterocycles. The van der Waals surface area contributed by atoms with E-state index in [1.807, 2.05) is 0 Å². The van der Waals surface area contributed by atoms with Crippen LogP contribution in [-0.2, 0) is 4.74 Å². The fourth-order valence-corrected chi connectivity index (χ4v) is 3.37. The van der Waals surface area contributed by atoms with Gasteiger partial charge in [-0.05, 0) is 25.3 Å². The van der Waals surface area contributed by atoms with Crippen LogP contribution in [0.3, 0.4) is 0 Å². The lowest BCUT2D eigenvalue weighted by molar-refractivity contribution is 0.157. The first-order valence-electron chi connectivity index (χ1n) is 8.41. The summed E-state index contributed by atoms with van der Waals surface area (Å²) >= 11 is 0. The van der Waals surface area contributed by atoms with Crippen LogP contribution in [0.2, 0.25) is 0 Å². The molecule has 1 saturated heterocycles. The molecule has 2 fully saturated rings. The molecule has 3 rings (SSSR count). The van der Waals surface area contributed by atoms with Gasteiger partial charge >= 0.3 is 0 Å². The van der Waals surface area contributed by atoms with E-state index in [0.717, 1.165) is 32.2 Å². The van der Waals surface area contributed by atoms with Gasteiger partial charge in [-0.3, -0.25) is 4.99 Å². The lowest BCUT2D eigenvalue weighted by Gasteiger charge is -2.22. The number of nitrogens with zero attached hydrogens (tertiary/aromatic N) is 2. The quantitative estimate of drug-likeness (QED) is 0.670. The van der Waals surface area contributed by atoms with Crippen LogP contribution in [0.15, 0.2) is 35.3 Å². The summed E-state index contributed by atoms with van der Waals surface area (Å²) in [6.07, 6.45) is 2.41. The Balaban J connectivity index is 1.57. The van der Waals surface area contributed by atoms with Crippen LogP contribution in [0.5, 0.6) is 0 Å². The van der Waals surface area contributed by atoms with Crippen LogP contribution in [0.25, 0.3) is 0 Å². The highest BCUT2D eigenvalue weighted by Crippen LogP contribution is 2.40. The Labute approximate surface area is 133 Å². The van der Waals surface area contributed by atoms with E-state index >= 15 is 0 Å². The standard InChI is InChI=1S/C18H27N3O/c1-3-19-18(21-10-9-14(12-21)13-22-2)20-17-11-16(17)15-7-5-4-6-8-15/h4-8,14,16-17H,3,9-13H2,1-2H3,(H,19,20). The van der Waals surface area contributed by atoms with Crippen LogP contribution in [0.1, 0.15) is 31.2 Å². The fourth-order valence-electron chi connectivity index (χ4n) is 3.37. The van der Waals surface area contributed by atoms with Crippen LogP contribution in [0.4, 0.5) is 0 Å². The maximum atomic E-state index is 5.30. The minimum absolute atomic E-state index is 0.536. The average molecular weight is 301 g/mol. The summed E-state index contributed by atoms with van der Waals surface area (Å²) in [5.74, 6) is 2.36. The SMILES string of the molecule is CCN=C(NC1CC1c1ccccc1)N1CCC(COC)C1. The van der Waals surface area contributed by atoms with Crippen molar-refractivity contribution in [1.82, 2.24) is 10.2 Å². The van der Waals surface area contributed by atoms with E-state index in [1.54, 1.807) is 7.11 Å². The topological polar surface area (TPSA) is 36.9 Å². The predicted octanol–water partition coefficient (Wildman–Crippen LogP) is 2.48. The van der Waals surface area contributed by atoms with Crippen molar-refractivity contribution in [2.45, 2.75) is 31.7 Å². The third-order valence-electron chi connectivity index (χ3n) is 4.63. The van der Waals surface area contributed by atoms with Gasteiger partial charge in [0.2, 0.25) is 0 Å². The zero-order valence-corrected chi connectivity index (χ0v) is 13.7. The molecule has 1 N–H and O–H groups in total. The van der Waals surface area contributed by atoms with Crippen LogP contribution >= 0.6 is 0 Å². The van der Waals surface area contributed by atoms with Crippen molar-refractivity contribution in [3.63, 3.8) is 0 Å². The van der Waals surface area contributed by atoms with E-state index in [0.29, 0.717) is 17.9 Å². The van der Waals surface area contributed by atoms with Gasteiger partial charge in [0.15, 0.2) is 5.96 Å². The van der Waals surface area contributed by atoms with Gasteiger partial charge in [0.05, 0.1) is 6.61 Å². The monoisotopic (exact) mass is 301 g/mol. The lowest BCUT2D eigenvalue weighted by atomic mass is 10.1. The summed E-state index contributed by atoms with van der Waals surface area (Å²) in [5, 5.41) is 3.68. The summed E-state index contributed by atoms with van der Waals surface area (Å²) in [6, 6.07) is 11.3. The van der Waals surface area contributed by atoms with Gasteiger partial charge in [-0.15, -0.1) is 0 Å². The number of benzene rings is 1. The Hall–Kier alpha value is -1.55. The largest absolute Gasteiger partial charge is 0.384 e. The summed E-state index contributed by atoms with van der Waals surface area (Å²) in [4.78, 5) is 7.10. The molecule has 0 spiro atoms. The molecule has 3 atom stereocenters. The van der Waals surface area contributed by atoms with E-state index in [4.69, 9.17) is 9.73 Å². The Kier molecular flexibility index (Phi) is 4.98. The number of nitrogens with one attached hydrogen (secondary N) is 1. The van der Waals surface area contributed by atoms with Gasteiger partial charge in [-0.2, -0.15) is 0 Å². The lowest BCUT2D eigenvalue weighted by Crippen LogP contribution is -2.42. The Morgan fingerprint density at radius 3 is 2.91 bits per heavy atom. The van der Waals surface area contributed by atoms with Crippen molar-refractivity contribution >= 4 is 5.96 Å². The first kappa shape index (κ1) is 15.3. The van der Waals surface area contributed by atoms with Gasteiger partial charge in [-0.25, -0.2) is 0 Å². The van der Waals surface area contributed by atoms with Gasteiger partial charge in [0, 0.05) is 44.6 Å². The second-order valence-electron chi connectivity index (χ2n) is 6.36. The van der Waals surface area contributed by atoms with Gasteiger partial charge < -0.3 is 15.0 Å². The minimum atomic E-state index is 0.536. The van der Waals surface area contributed by atoms with Crippen molar-refractivity contribution in [2.24, 2.45) is 10.9 Å². The molecule has 1 aromatic carbocycles. The molecule has 0 amide bonds. The minimum Gasteiger partial charge on any atom is -0.384 e. The maximum absolute atomic E-state index is 5.30. The number of ether oxygens (including phenoxy) is 1. The van der Waals surface area contributed by atoms with Gasteiger partial charge in [0.1, 0.15) is 0 Å². The van der Waals surface area contributed by atoms with Crippen molar-refractivity contribution in [3.8, 4) is 0 Å². The molecule has 0 aromatic heterocycles. The second kappa shape index (κ2) is 7.14. The smallest absolute Gasteiger partial charge is 0.194 e. The second-order valence-corrected chi connectivity index (χ2v) is 6.36. The molecule has 120 valence electrons. The highest BCUT2D eigenvalue weighted by molar-refractivity contribution is 5.81. The summed E-state index contributed by atoms with van der Waals surface area (Å²) < 4.78 is 5.30. The zero-order chi connectivity index (χ0) is 15.4. The molecule has 3 unspecified atom stereocenters. The van der Waals surface area contributed by atoms with E-state index < -0.39 is 0 Å². The first-order chi connectivity index (χ1) is 10.8. The van der Waals surface area contributed by atoms with E-state index in [-0.39, 0.29) is 0 Å². The normalized spacial score (nSPS) is 28.0. The van der Waals surface area contributed by atoms with Crippen molar-refractivity contribution in [1.29, 1.82) is 0 Å². The van der Waals surface area contributed by atoms with E-state index in [1.165, 1.54) is 18.4 Å². The first-order valence-corrected chi connectivity index (χ1v) is 8.41. The Morgan fingerprint density at radius 1 is 1.36 bits per heavy atom. The molecular weight excluding hydrogens is 274 g/mol. The molecule has 1 aliphatic carbocycles. The molecule has 1 heterocycles. The number of methoxy groups -OCH3 is 1. The van der Waals surface area contributed by atoms with E-state index in [2.05, 4.69) is 47.5 Å². The summed E-state index contributed by atoms with van der Waals surface area (Å²) in [6.45, 7) is 5.93. The highest BCUT2D eigenvalue weighted by atomic mass is 16.5. The van der Waals surface area contributed by atoms with Gasteiger partial charge in [-0.1, -0.05) is 30.3 Å². The summed E-state index contributed by atoms with van der Waals surface area (Å²) in [7, 11) is 1.79. The van der Waals surface area contributed by atoms with E-state index in [9.17, 15) is 0 Å². The number of aliphatic imine (C=N–C) groups is 1. The maximum Gasteiger partial charge on any atom is 0.194 e. The molecule has 0 radical (unpaired) electrons. The molecule has 22 heavy (non-hydrogen) atoms. The molecule has 2 aliphatic rings. The van der Waals surface area contributed by atoms with Crippen molar-refractivity contribution in [3.05, 3.63) is 35.9 Å². The predicted molar refractivity (Wildman–Crippen MR) is 90.3 cm³/mol. The third kappa shape index (κ3) is 3.61. The number of likely N-dealkylation sites (tertiary alicyclic amines) is 1. The molecule has 1 saturated carbocycles. The average Bonchev–Trinajstić information content (AvgIpc) is 3.16. The number of hydrogen-bond donors (Lipinski definition) is 1. The fraction of sp³-hybridized carbons (Fsp3) is 0.611.